The molecule has 0 bridgehead atoms. The number of rotatable bonds is 2. The Kier molecular flexibility index (Phi) is 4.82. The van der Waals surface area contributed by atoms with E-state index in [2.05, 4.69) is 9.97 Å². The number of fused-ring (bicyclic) bond motifs is 2. The predicted molar refractivity (Wildman–Crippen MR) is 105 cm³/mol. The summed E-state index contributed by atoms with van der Waals surface area (Å²) < 4.78 is 15.6. The van der Waals surface area contributed by atoms with Crippen LogP contribution < -0.4 is 0 Å². The van der Waals surface area contributed by atoms with E-state index >= 15 is 0 Å². The molecule has 0 saturated carbocycles. The van der Waals surface area contributed by atoms with Crippen LogP contribution in [0.25, 0.3) is 0 Å². The number of likely N-dealkylation sites (tertiary alicyclic amines) is 1. The number of carbonyl (C=O) groups excluding carboxylic acids is 2. The lowest BCUT2D eigenvalue weighted by molar-refractivity contribution is -0.182. The Morgan fingerprint density at radius 3 is 2.60 bits per heavy atom. The van der Waals surface area contributed by atoms with Crippen LogP contribution in [0.2, 0.25) is 0 Å². The van der Waals surface area contributed by atoms with Crippen LogP contribution in [0.4, 0.5) is 0 Å². The van der Waals surface area contributed by atoms with Crippen LogP contribution in [-0.2, 0) is 33.5 Å². The monoisotopic (exact) mass is 414 g/mol. The average molecular weight is 414 g/mol. The topological polar surface area (TPSA) is 94.7 Å². The van der Waals surface area contributed by atoms with Crippen LogP contribution in [0.15, 0.2) is 24.9 Å². The first-order chi connectivity index (χ1) is 14.6. The Balaban J connectivity index is 1.34. The van der Waals surface area contributed by atoms with Gasteiger partial charge in [-0.2, -0.15) is 0 Å². The minimum absolute atomic E-state index is 0.00501. The summed E-state index contributed by atoms with van der Waals surface area (Å²) in [7, 11) is 1.81. The first-order valence-corrected chi connectivity index (χ1v) is 10.4. The molecule has 160 valence electrons. The van der Waals surface area contributed by atoms with Crippen molar-refractivity contribution in [2.24, 2.45) is 7.05 Å². The maximum absolute atomic E-state index is 13.1. The standard InChI is InChI=1S/C20H26N6O4/c1-23-14-21-12-15(23)17(27)24-5-2-20(3-6-24)19-22-4-7-26(19)13-16(30-20)18(28)25-8-10-29-11-9-25/h4,7,12,14,16H,2-3,5-6,8-11,13H2,1H3. The van der Waals surface area contributed by atoms with Gasteiger partial charge in [-0.15, -0.1) is 0 Å². The Hall–Kier alpha value is -2.72. The highest BCUT2D eigenvalue weighted by Gasteiger charge is 2.48. The van der Waals surface area contributed by atoms with Crippen LogP contribution in [-0.4, -0.2) is 86.2 Å². The largest absolute Gasteiger partial charge is 0.378 e. The van der Waals surface area contributed by atoms with Gasteiger partial charge in [-0.05, 0) is 0 Å². The van der Waals surface area contributed by atoms with Crippen molar-refractivity contribution in [1.29, 1.82) is 0 Å². The highest BCUT2D eigenvalue weighted by atomic mass is 16.5. The Morgan fingerprint density at radius 1 is 1.13 bits per heavy atom. The molecule has 0 aromatic carbocycles. The number of imidazole rings is 2. The van der Waals surface area contributed by atoms with E-state index in [0.29, 0.717) is 64.5 Å². The van der Waals surface area contributed by atoms with E-state index in [1.54, 1.807) is 23.3 Å². The maximum atomic E-state index is 13.1. The second-order valence-corrected chi connectivity index (χ2v) is 8.12. The van der Waals surface area contributed by atoms with E-state index in [1.165, 1.54) is 0 Å². The van der Waals surface area contributed by atoms with Crippen molar-refractivity contribution in [2.75, 3.05) is 39.4 Å². The van der Waals surface area contributed by atoms with E-state index < -0.39 is 11.7 Å². The third-order valence-corrected chi connectivity index (χ3v) is 6.35. The molecular weight excluding hydrogens is 388 g/mol. The van der Waals surface area contributed by atoms with Crippen molar-refractivity contribution in [2.45, 2.75) is 31.1 Å². The van der Waals surface area contributed by atoms with Gasteiger partial charge in [0.15, 0.2) is 6.10 Å². The number of amides is 2. The molecule has 3 aliphatic heterocycles. The minimum atomic E-state index is -0.655. The number of hydrogen-bond acceptors (Lipinski definition) is 6. The van der Waals surface area contributed by atoms with Crippen molar-refractivity contribution in [3.05, 3.63) is 36.4 Å². The zero-order valence-corrected chi connectivity index (χ0v) is 17.1. The maximum Gasteiger partial charge on any atom is 0.272 e. The molecular formula is C20H26N6O4. The number of aromatic nitrogens is 4. The second kappa shape index (κ2) is 7.51. The quantitative estimate of drug-likeness (QED) is 0.687. The minimum Gasteiger partial charge on any atom is -0.378 e. The molecule has 3 aliphatic rings. The molecule has 2 aromatic rings. The van der Waals surface area contributed by atoms with E-state index in [4.69, 9.17) is 9.47 Å². The first-order valence-electron chi connectivity index (χ1n) is 10.4. The second-order valence-electron chi connectivity index (χ2n) is 8.12. The molecule has 5 rings (SSSR count). The smallest absolute Gasteiger partial charge is 0.272 e. The van der Waals surface area contributed by atoms with Crippen LogP contribution in [0.5, 0.6) is 0 Å². The molecule has 0 radical (unpaired) electrons. The summed E-state index contributed by atoms with van der Waals surface area (Å²) >= 11 is 0. The normalized spacial score (nSPS) is 23.4. The van der Waals surface area contributed by atoms with Gasteiger partial charge in [-0.1, -0.05) is 0 Å². The molecule has 10 heteroatoms. The lowest BCUT2D eigenvalue weighted by Gasteiger charge is -2.46. The van der Waals surface area contributed by atoms with Gasteiger partial charge in [0.1, 0.15) is 17.1 Å². The Labute approximate surface area is 174 Å². The number of morpholine rings is 1. The third-order valence-electron chi connectivity index (χ3n) is 6.35. The van der Waals surface area contributed by atoms with Gasteiger partial charge in [0.05, 0.1) is 32.3 Å². The molecule has 2 saturated heterocycles. The van der Waals surface area contributed by atoms with Crippen molar-refractivity contribution >= 4 is 11.8 Å². The lowest BCUT2D eigenvalue weighted by atomic mass is 9.88. The summed E-state index contributed by atoms with van der Waals surface area (Å²) in [4.78, 5) is 38.2. The zero-order valence-electron chi connectivity index (χ0n) is 17.1. The number of ether oxygens (including phenoxy) is 2. The van der Waals surface area contributed by atoms with Crippen molar-refractivity contribution in [1.82, 2.24) is 28.9 Å². The molecule has 0 N–H and O–H groups in total. The molecule has 1 atom stereocenters. The fraction of sp³-hybridized carbons (Fsp3) is 0.600. The zero-order chi connectivity index (χ0) is 20.7. The van der Waals surface area contributed by atoms with Gasteiger partial charge in [0, 0.05) is 58.5 Å². The Morgan fingerprint density at radius 2 is 1.90 bits per heavy atom. The number of nitrogens with zero attached hydrogens (tertiary/aromatic N) is 6. The van der Waals surface area contributed by atoms with Gasteiger partial charge < -0.3 is 28.4 Å². The number of aryl methyl sites for hydroxylation is 1. The molecule has 0 aliphatic carbocycles. The van der Waals surface area contributed by atoms with Gasteiger partial charge in [-0.3, -0.25) is 9.59 Å². The molecule has 2 aromatic heterocycles. The van der Waals surface area contributed by atoms with E-state index in [0.717, 1.165) is 5.82 Å². The molecule has 10 nitrogen and oxygen atoms in total. The van der Waals surface area contributed by atoms with E-state index in [1.807, 2.05) is 27.6 Å². The third kappa shape index (κ3) is 3.20. The van der Waals surface area contributed by atoms with Crippen molar-refractivity contribution in [3.63, 3.8) is 0 Å². The fourth-order valence-corrected chi connectivity index (χ4v) is 4.65. The van der Waals surface area contributed by atoms with Gasteiger partial charge in [0.2, 0.25) is 0 Å². The number of carbonyl (C=O) groups is 2. The van der Waals surface area contributed by atoms with Crippen LogP contribution in [0.1, 0.15) is 29.2 Å². The summed E-state index contributed by atoms with van der Waals surface area (Å²) in [6.45, 7) is 3.84. The summed E-state index contributed by atoms with van der Waals surface area (Å²) in [5, 5.41) is 0. The number of piperidine rings is 1. The lowest BCUT2D eigenvalue weighted by Crippen LogP contribution is -2.56. The molecule has 1 unspecified atom stereocenters. The summed E-state index contributed by atoms with van der Waals surface area (Å²) in [5.74, 6) is 0.816. The molecule has 1 spiro atoms. The average Bonchev–Trinajstić information content (AvgIpc) is 3.43. The van der Waals surface area contributed by atoms with Crippen LogP contribution >= 0.6 is 0 Å². The van der Waals surface area contributed by atoms with E-state index in [-0.39, 0.29) is 11.8 Å². The summed E-state index contributed by atoms with van der Waals surface area (Å²) in [6, 6.07) is 0. The van der Waals surface area contributed by atoms with Crippen LogP contribution in [0.3, 0.4) is 0 Å². The molecule has 30 heavy (non-hydrogen) atoms. The Bertz CT molecular complexity index is 939. The highest BCUT2D eigenvalue weighted by molar-refractivity contribution is 5.92. The van der Waals surface area contributed by atoms with Gasteiger partial charge in [-0.25, -0.2) is 9.97 Å². The molecule has 5 heterocycles. The van der Waals surface area contributed by atoms with E-state index in [9.17, 15) is 9.59 Å². The van der Waals surface area contributed by atoms with Crippen molar-refractivity contribution < 1.29 is 19.1 Å². The van der Waals surface area contributed by atoms with Crippen molar-refractivity contribution in [3.8, 4) is 0 Å². The van der Waals surface area contributed by atoms with Gasteiger partial charge >= 0.3 is 0 Å². The summed E-state index contributed by atoms with van der Waals surface area (Å²) in [5.41, 5.74) is -0.0881. The highest BCUT2D eigenvalue weighted by Crippen LogP contribution is 2.40. The summed E-state index contributed by atoms with van der Waals surface area (Å²) in [6.07, 6.45) is 7.53. The molecule has 2 amide bonds. The first kappa shape index (κ1) is 19.3. The SMILES string of the molecule is Cn1cncc1C(=O)N1CCC2(CC1)OC(C(=O)N1CCOCC1)Cn1ccnc12. The fourth-order valence-electron chi connectivity index (χ4n) is 4.65. The molecule has 2 fully saturated rings. The number of hydrogen-bond donors (Lipinski definition) is 0. The van der Waals surface area contributed by atoms with Gasteiger partial charge in [0.25, 0.3) is 11.8 Å². The van der Waals surface area contributed by atoms with Crippen LogP contribution in [0, 0.1) is 0 Å². The predicted octanol–water partition coefficient (Wildman–Crippen LogP) is 0.00570.